The predicted molar refractivity (Wildman–Crippen MR) is 65.7 cm³/mol. The zero-order valence-corrected chi connectivity index (χ0v) is 14.5. The van der Waals surface area contributed by atoms with Crippen LogP contribution in [-0.2, 0) is 26.2 Å². The third-order valence-corrected chi connectivity index (χ3v) is 1.49. The van der Waals surface area contributed by atoms with Crippen LogP contribution in [0, 0.1) is 7.43 Å². The molecule has 0 aromatic heterocycles. The molecular weight excluding hydrogens is 295 g/mol. The van der Waals surface area contributed by atoms with Gasteiger partial charge in [-0.25, -0.2) is 0 Å². The molecule has 0 bridgehead atoms. The maximum absolute atomic E-state index is 9.53. The van der Waals surface area contributed by atoms with Crippen LogP contribution < -0.4 is 15.3 Å². The van der Waals surface area contributed by atoms with Gasteiger partial charge >= 0.3 is 26.2 Å². The second kappa shape index (κ2) is 43.7. The van der Waals surface area contributed by atoms with Crippen LogP contribution in [0.1, 0.15) is 59.3 Å². The second-order valence-electron chi connectivity index (χ2n) is 3.17. The fourth-order valence-electron chi connectivity index (χ4n) is 0.433. The molecule has 0 aromatic carbocycles. The summed E-state index contributed by atoms with van der Waals surface area (Å²) in [5.74, 6) is 0. The number of unbranched alkanes of at least 4 members (excludes halogenated alkanes) is 3. The molecule has 0 aliphatic rings. The van der Waals surface area contributed by atoms with Gasteiger partial charge in [0, 0.05) is 0 Å². The van der Waals surface area contributed by atoms with Crippen molar-refractivity contribution in [3.8, 4) is 0 Å². The molecule has 0 rings (SSSR count). The van der Waals surface area contributed by atoms with Crippen molar-refractivity contribution in [3.05, 3.63) is 7.43 Å². The first-order valence-corrected chi connectivity index (χ1v) is 5.99. The minimum atomic E-state index is 0. The molecule has 0 saturated carbocycles. The first-order valence-electron chi connectivity index (χ1n) is 5.99. The predicted octanol–water partition coefficient (Wildman–Crippen LogP) is 0.888. The number of hydrogen-bond acceptors (Lipinski definition) is 3. The molecule has 0 atom stereocenters. The summed E-state index contributed by atoms with van der Waals surface area (Å²) in [5, 5.41) is 28.6. The van der Waals surface area contributed by atoms with Crippen LogP contribution in [0.25, 0.3) is 0 Å². The summed E-state index contributed by atoms with van der Waals surface area (Å²) in [4.78, 5) is 0. The zero-order chi connectivity index (χ0) is 12.4. The molecule has 3 nitrogen and oxygen atoms in total. The van der Waals surface area contributed by atoms with Gasteiger partial charge in [-0.2, -0.15) is 0 Å². The van der Waals surface area contributed by atoms with E-state index in [1.165, 1.54) is 0 Å². The Hall–Kier alpha value is 0.763. The van der Waals surface area contributed by atoms with E-state index in [0.29, 0.717) is 0 Å². The molecule has 104 valence electrons. The first kappa shape index (κ1) is 30.6. The van der Waals surface area contributed by atoms with Crippen LogP contribution in [0.4, 0.5) is 0 Å². The second-order valence-corrected chi connectivity index (χ2v) is 3.17. The van der Waals surface area contributed by atoms with Crippen molar-refractivity contribution in [3.63, 3.8) is 0 Å². The first-order chi connectivity index (χ1) is 7.24. The summed E-state index contributed by atoms with van der Waals surface area (Å²) in [6.45, 7) is 6.32. The van der Waals surface area contributed by atoms with Crippen molar-refractivity contribution in [2.45, 2.75) is 59.3 Å². The molecule has 0 saturated heterocycles. The van der Waals surface area contributed by atoms with Gasteiger partial charge in [0.2, 0.25) is 0 Å². The van der Waals surface area contributed by atoms with Gasteiger partial charge < -0.3 is 22.7 Å². The smallest absolute Gasteiger partial charge is 0.854 e. The van der Waals surface area contributed by atoms with Crippen molar-refractivity contribution in [1.82, 2.24) is 0 Å². The van der Waals surface area contributed by atoms with E-state index >= 15 is 0 Å². The summed E-state index contributed by atoms with van der Waals surface area (Å²) in [5.41, 5.74) is 0. The Kier molecular flexibility index (Phi) is 78.8. The minimum absolute atomic E-state index is 0. The number of hydrogen-bond donors (Lipinski definition) is 0. The summed E-state index contributed by atoms with van der Waals surface area (Å²) in [6.07, 6.45) is 5.59. The quantitative estimate of drug-likeness (QED) is 0.681. The Balaban J connectivity index is -0.0000000400. The Morgan fingerprint density at radius 1 is 0.588 bits per heavy atom. The van der Waals surface area contributed by atoms with Gasteiger partial charge in [-0.1, -0.05) is 59.3 Å². The molecule has 0 spiro atoms. The maximum atomic E-state index is 9.53. The fourth-order valence-corrected chi connectivity index (χ4v) is 0.433. The van der Waals surface area contributed by atoms with Crippen molar-refractivity contribution >= 4 is 0 Å². The average Bonchev–Trinajstić information content (AvgIpc) is 2.23. The molecule has 0 heterocycles. The van der Waals surface area contributed by atoms with Gasteiger partial charge in [0.25, 0.3) is 0 Å². The van der Waals surface area contributed by atoms with E-state index in [2.05, 4.69) is 0 Å². The van der Waals surface area contributed by atoms with Gasteiger partial charge in [0.15, 0.2) is 0 Å². The van der Waals surface area contributed by atoms with Gasteiger partial charge in [0.1, 0.15) is 0 Å². The molecule has 0 radical (unpaired) electrons. The van der Waals surface area contributed by atoms with E-state index in [9.17, 15) is 15.3 Å². The molecule has 0 N–H and O–H groups in total. The standard InChI is InChI=1S/3C4H9O.CH3.Zr/c3*1-2-3-4-5;;/h3*2-4H2,1H3;1H3;/q4*-1;+4. The fraction of sp³-hybridized carbons (Fsp3) is 0.923. The molecule has 17 heavy (non-hydrogen) atoms. The number of rotatable bonds is 6. The summed E-state index contributed by atoms with van der Waals surface area (Å²) in [7, 11) is 0. The van der Waals surface area contributed by atoms with Crippen LogP contribution in [0.3, 0.4) is 0 Å². The van der Waals surface area contributed by atoms with Crippen molar-refractivity contribution < 1.29 is 41.5 Å². The summed E-state index contributed by atoms with van der Waals surface area (Å²) >= 11 is 0. The normalized spacial score (nSPS) is 7.41. The van der Waals surface area contributed by atoms with Gasteiger partial charge in [-0.3, -0.25) is 0 Å². The SMILES string of the molecule is CCCC[O-].CCCC[O-].CCCC[O-].[CH3-].[Zr+4]. The van der Waals surface area contributed by atoms with Crippen LogP contribution in [0.15, 0.2) is 0 Å². The molecule has 0 fully saturated rings. The Morgan fingerprint density at radius 2 is 0.765 bits per heavy atom. The van der Waals surface area contributed by atoms with Crippen LogP contribution >= 0.6 is 0 Å². The zero-order valence-electron chi connectivity index (χ0n) is 12.1. The monoisotopic (exact) mass is 324 g/mol. The molecule has 0 aromatic rings. The third kappa shape index (κ3) is 79.9. The van der Waals surface area contributed by atoms with Crippen LogP contribution in [0.2, 0.25) is 0 Å². The van der Waals surface area contributed by atoms with Crippen molar-refractivity contribution in [2.75, 3.05) is 19.8 Å². The van der Waals surface area contributed by atoms with Crippen LogP contribution in [-0.4, -0.2) is 19.8 Å². The molecule has 0 aliphatic carbocycles. The van der Waals surface area contributed by atoms with Gasteiger partial charge in [-0.15, -0.1) is 19.8 Å². The Labute approximate surface area is 128 Å². The Bertz CT molecular complexity index is 53.4. The Morgan fingerprint density at radius 3 is 0.765 bits per heavy atom. The molecule has 4 heteroatoms. The summed E-state index contributed by atoms with van der Waals surface area (Å²) < 4.78 is 0. The largest absolute Gasteiger partial charge is 4.00 e. The van der Waals surface area contributed by atoms with E-state index in [0.717, 1.165) is 38.5 Å². The molecule has 0 amide bonds. The topological polar surface area (TPSA) is 69.2 Å². The molecule has 0 unspecified atom stereocenters. The van der Waals surface area contributed by atoms with Crippen LogP contribution in [0.5, 0.6) is 0 Å². The third-order valence-electron chi connectivity index (χ3n) is 1.49. The van der Waals surface area contributed by atoms with Gasteiger partial charge in [-0.05, 0) is 0 Å². The van der Waals surface area contributed by atoms with Crippen molar-refractivity contribution in [1.29, 1.82) is 0 Å². The summed E-state index contributed by atoms with van der Waals surface area (Å²) in [6, 6.07) is 0. The average molecular weight is 326 g/mol. The van der Waals surface area contributed by atoms with Crippen molar-refractivity contribution in [2.24, 2.45) is 0 Å². The van der Waals surface area contributed by atoms with E-state index in [-0.39, 0.29) is 53.5 Å². The van der Waals surface area contributed by atoms with E-state index in [1.54, 1.807) is 0 Å². The maximum Gasteiger partial charge on any atom is 4.00 e. The minimum Gasteiger partial charge on any atom is -0.854 e. The molecule has 0 aliphatic heterocycles. The molecular formula is C13H30O3Zr. The van der Waals surface area contributed by atoms with E-state index < -0.39 is 0 Å². The van der Waals surface area contributed by atoms with Gasteiger partial charge in [0.05, 0.1) is 0 Å². The van der Waals surface area contributed by atoms with E-state index in [4.69, 9.17) is 0 Å². The van der Waals surface area contributed by atoms with E-state index in [1.807, 2.05) is 20.8 Å².